The van der Waals surface area contributed by atoms with Gasteiger partial charge < -0.3 is 9.47 Å². The summed E-state index contributed by atoms with van der Waals surface area (Å²) in [5.74, 6) is 0.647. The highest BCUT2D eigenvalue weighted by Gasteiger charge is 2.43. The van der Waals surface area contributed by atoms with E-state index in [4.69, 9.17) is 23.0 Å². The third-order valence-corrected chi connectivity index (χ3v) is 7.57. The maximum Gasteiger partial charge on any atom is 0.477 e. The molecule has 0 N–H and O–H groups in total. The van der Waals surface area contributed by atoms with Crippen molar-refractivity contribution in [1.82, 2.24) is 0 Å². The van der Waals surface area contributed by atoms with Crippen LogP contribution in [0.3, 0.4) is 0 Å². The van der Waals surface area contributed by atoms with Crippen molar-refractivity contribution in [3.63, 3.8) is 0 Å². The molecule has 6 nitrogen and oxygen atoms in total. The molecule has 1 saturated heterocycles. The predicted molar refractivity (Wildman–Crippen MR) is 123 cm³/mol. The van der Waals surface area contributed by atoms with Crippen LogP contribution >= 0.6 is 7.82 Å². The Morgan fingerprint density at radius 1 is 0.903 bits per heavy atom. The van der Waals surface area contributed by atoms with Crippen LogP contribution in [0.15, 0.2) is 30.3 Å². The molecule has 0 bridgehead atoms. The summed E-state index contributed by atoms with van der Waals surface area (Å²) in [7, 11) is -3.70. The zero-order chi connectivity index (χ0) is 22.7. The first-order chi connectivity index (χ1) is 14.9. The van der Waals surface area contributed by atoms with Crippen molar-refractivity contribution in [2.45, 2.75) is 79.3 Å². The van der Waals surface area contributed by atoms with E-state index in [2.05, 4.69) is 34.6 Å². The lowest BCUT2D eigenvalue weighted by atomic mass is 9.79. The summed E-state index contributed by atoms with van der Waals surface area (Å²) in [6, 6.07) is 10.1. The molecule has 1 aromatic carbocycles. The Balaban J connectivity index is 1.99. The van der Waals surface area contributed by atoms with Crippen LogP contribution < -0.4 is 0 Å². The van der Waals surface area contributed by atoms with Gasteiger partial charge in [-0.1, -0.05) is 77.8 Å². The van der Waals surface area contributed by atoms with E-state index in [1.165, 1.54) is 0 Å². The molecule has 1 aliphatic rings. The van der Waals surface area contributed by atoms with Gasteiger partial charge in [0.2, 0.25) is 0 Å². The van der Waals surface area contributed by atoms with Gasteiger partial charge >= 0.3 is 7.82 Å². The predicted octanol–water partition coefficient (Wildman–Crippen LogP) is 6.59. The normalized spacial score (nSPS) is 26.8. The second-order valence-corrected chi connectivity index (χ2v) is 10.2. The summed E-state index contributed by atoms with van der Waals surface area (Å²) >= 11 is 0. The van der Waals surface area contributed by atoms with Crippen LogP contribution in [0.1, 0.15) is 65.9 Å². The Morgan fingerprint density at radius 2 is 1.52 bits per heavy atom. The van der Waals surface area contributed by atoms with Gasteiger partial charge in [-0.25, -0.2) is 4.57 Å². The zero-order valence-electron chi connectivity index (χ0n) is 19.8. The average molecular weight is 457 g/mol. The summed E-state index contributed by atoms with van der Waals surface area (Å²) in [5, 5.41) is 0. The first-order valence-corrected chi connectivity index (χ1v) is 13.2. The zero-order valence-corrected chi connectivity index (χ0v) is 20.7. The lowest BCUT2D eigenvalue weighted by Crippen LogP contribution is -2.47. The summed E-state index contributed by atoms with van der Waals surface area (Å²) in [4.78, 5) is 0. The minimum Gasteiger partial charge on any atom is -0.374 e. The molecule has 2 unspecified atom stereocenters. The number of benzene rings is 1. The van der Waals surface area contributed by atoms with Crippen molar-refractivity contribution in [1.29, 1.82) is 0 Å². The van der Waals surface area contributed by atoms with Crippen molar-refractivity contribution in [2.75, 3.05) is 19.8 Å². The summed E-state index contributed by atoms with van der Waals surface area (Å²) in [6.45, 7) is 12.2. The van der Waals surface area contributed by atoms with Crippen molar-refractivity contribution < 1.29 is 27.6 Å². The van der Waals surface area contributed by atoms with E-state index in [9.17, 15) is 4.57 Å². The van der Waals surface area contributed by atoms with Crippen molar-refractivity contribution >= 4 is 7.82 Å². The minimum absolute atomic E-state index is 0.0539. The topological polar surface area (TPSA) is 63.2 Å². The van der Waals surface area contributed by atoms with Gasteiger partial charge in [-0.15, -0.1) is 0 Å². The van der Waals surface area contributed by atoms with E-state index in [-0.39, 0.29) is 17.9 Å². The molecular formula is C24H41O6P. The Hall–Kier alpha value is -0.750. The Kier molecular flexibility index (Phi) is 11.7. The van der Waals surface area contributed by atoms with E-state index in [1.807, 2.05) is 30.3 Å². The molecule has 0 spiro atoms. The molecule has 1 aromatic rings. The lowest BCUT2D eigenvalue weighted by Gasteiger charge is -2.43. The third kappa shape index (κ3) is 8.60. The molecule has 1 aliphatic heterocycles. The highest BCUT2D eigenvalue weighted by Crippen LogP contribution is 2.53. The molecule has 1 heterocycles. The monoisotopic (exact) mass is 456 g/mol. The van der Waals surface area contributed by atoms with Gasteiger partial charge in [0.05, 0.1) is 32.5 Å². The fraction of sp³-hybridized carbons (Fsp3) is 0.750. The van der Waals surface area contributed by atoms with E-state index in [0.29, 0.717) is 32.3 Å². The van der Waals surface area contributed by atoms with Gasteiger partial charge in [-0.3, -0.25) is 13.6 Å². The second-order valence-electron chi connectivity index (χ2n) is 8.55. The van der Waals surface area contributed by atoms with Gasteiger partial charge in [-0.2, -0.15) is 0 Å². The molecule has 5 atom stereocenters. The number of ether oxygens (including phenoxy) is 2. The van der Waals surface area contributed by atoms with E-state index in [1.54, 1.807) is 0 Å². The standard InChI is InChI=1S/C24H41O6P/c1-6-8-15-27-31(25,28-16-9-7-2)30-24-21(5)19(3)20(4)23(29-24)18-26-17-22-13-11-10-12-14-22/h10-14,19-21,23-24H,6-9,15-18H2,1-5H3/t19-,20+,21?,23?,24-/m0/s1. The summed E-state index contributed by atoms with van der Waals surface area (Å²) in [5.41, 5.74) is 1.12. The molecule has 1 fully saturated rings. The molecule has 7 heteroatoms. The Bertz CT molecular complexity index is 641. The van der Waals surface area contributed by atoms with Gasteiger partial charge in [0.15, 0.2) is 6.29 Å². The molecule has 0 aliphatic carbocycles. The molecule has 0 amide bonds. The van der Waals surface area contributed by atoms with E-state index in [0.717, 1.165) is 31.2 Å². The highest BCUT2D eigenvalue weighted by molar-refractivity contribution is 7.48. The minimum atomic E-state index is -3.70. The van der Waals surface area contributed by atoms with Crippen LogP contribution in [-0.4, -0.2) is 32.2 Å². The van der Waals surface area contributed by atoms with Gasteiger partial charge in [0, 0.05) is 5.92 Å². The lowest BCUT2D eigenvalue weighted by molar-refractivity contribution is -0.230. The largest absolute Gasteiger partial charge is 0.477 e. The number of phosphoric acid groups is 1. The molecule has 0 radical (unpaired) electrons. The molecule has 0 saturated carbocycles. The highest BCUT2D eigenvalue weighted by atomic mass is 31.2. The second kappa shape index (κ2) is 13.7. The van der Waals surface area contributed by atoms with Crippen LogP contribution in [-0.2, 0) is 34.2 Å². The molecule has 0 aromatic heterocycles. The fourth-order valence-electron chi connectivity index (χ4n) is 3.53. The van der Waals surface area contributed by atoms with Crippen LogP contribution in [0, 0.1) is 17.8 Å². The third-order valence-electron chi connectivity index (χ3n) is 6.10. The molecule has 178 valence electrons. The smallest absolute Gasteiger partial charge is 0.374 e. The average Bonchev–Trinajstić information content (AvgIpc) is 2.76. The van der Waals surface area contributed by atoms with Gasteiger partial charge in [-0.05, 0) is 30.2 Å². The van der Waals surface area contributed by atoms with E-state index < -0.39 is 14.1 Å². The number of phosphoric ester groups is 1. The number of unbranched alkanes of at least 4 members (excludes halogenated alkanes) is 2. The maximum atomic E-state index is 13.3. The number of hydrogen-bond acceptors (Lipinski definition) is 6. The summed E-state index contributed by atoms with van der Waals surface area (Å²) in [6.07, 6.45) is 2.68. The Labute approximate surface area is 188 Å². The Morgan fingerprint density at radius 3 is 2.10 bits per heavy atom. The van der Waals surface area contributed by atoms with Crippen LogP contribution in [0.25, 0.3) is 0 Å². The molecule has 31 heavy (non-hydrogen) atoms. The van der Waals surface area contributed by atoms with Crippen LogP contribution in [0.4, 0.5) is 0 Å². The van der Waals surface area contributed by atoms with Crippen molar-refractivity contribution in [3.05, 3.63) is 35.9 Å². The van der Waals surface area contributed by atoms with Gasteiger partial charge in [0.1, 0.15) is 0 Å². The fourth-order valence-corrected chi connectivity index (χ4v) is 4.93. The first kappa shape index (κ1) is 26.5. The van der Waals surface area contributed by atoms with Crippen molar-refractivity contribution in [3.8, 4) is 0 Å². The first-order valence-electron chi connectivity index (χ1n) is 11.7. The maximum absolute atomic E-state index is 13.3. The van der Waals surface area contributed by atoms with Crippen molar-refractivity contribution in [2.24, 2.45) is 17.8 Å². The van der Waals surface area contributed by atoms with Gasteiger partial charge in [0.25, 0.3) is 0 Å². The number of rotatable bonds is 14. The SMILES string of the molecule is CCCCOP(=O)(OCCCC)O[C@@H]1OC(COCc2ccccc2)[C@H](C)[C@H](C)C1C. The van der Waals surface area contributed by atoms with Crippen LogP contribution in [0.5, 0.6) is 0 Å². The molecular weight excluding hydrogens is 415 g/mol. The van der Waals surface area contributed by atoms with E-state index >= 15 is 0 Å². The quantitative estimate of drug-likeness (QED) is 0.232. The van der Waals surface area contributed by atoms with Crippen LogP contribution in [0.2, 0.25) is 0 Å². The molecule has 2 rings (SSSR count). The summed E-state index contributed by atoms with van der Waals surface area (Å²) < 4.78 is 42.6. The number of hydrogen-bond donors (Lipinski definition) is 0.